The van der Waals surface area contributed by atoms with Crippen molar-refractivity contribution in [1.82, 2.24) is 14.4 Å². The predicted molar refractivity (Wildman–Crippen MR) is 69.8 cm³/mol. The number of fused-ring (bicyclic) bond motifs is 1. The first-order chi connectivity index (χ1) is 9.24. The van der Waals surface area contributed by atoms with Crippen LogP contribution in [0.3, 0.4) is 0 Å². The highest BCUT2D eigenvalue weighted by molar-refractivity contribution is 5.81. The lowest BCUT2D eigenvalue weighted by Gasteiger charge is -2.02. The van der Waals surface area contributed by atoms with Crippen LogP contribution in [-0.4, -0.2) is 25.4 Å². The molecule has 1 N–H and O–H groups in total. The number of carbonyl (C=O) groups is 1. The predicted octanol–water partition coefficient (Wildman–Crippen LogP) is 2.02. The number of aromatic nitrogens is 3. The molecular weight excluding hydrogens is 242 g/mol. The molecule has 0 bridgehead atoms. The Balaban J connectivity index is 2.09. The van der Waals surface area contributed by atoms with E-state index >= 15 is 0 Å². The Labute approximate surface area is 109 Å². The molecule has 3 aromatic heterocycles. The summed E-state index contributed by atoms with van der Waals surface area (Å²) in [6.45, 7) is 0. The number of carboxylic acid groups (broad SMARTS) is 1. The Bertz CT molecular complexity index is 749. The van der Waals surface area contributed by atoms with Crippen molar-refractivity contribution in [2.24, 2.45) is 0 Å². The molecule has 0 unspecified atom stereocenters. The maximum Gasteiger partial charge on any atom is 0.309 e. The van der Waals surface area contributed by atoms with Gasteiger partial charge in [0.25, 0.3) is 0 Å². The van der Waals surface area contributed by atoms with Crippen LogP contribution in [0.2, 0.25) is 0 Å². The van der Waals surface area contributed by atoms with Crippen LogP contribution in [0, 0.1) is 0 Å². The molecule has 0 aromatic carbocycles. The van der Waals surface area contributed by atoms with Crippen LogP contribution < -0.4 is 0 Å². The van der Waals surface area contributed by atoms with E-state index in [9.17, 15) is 4.79 Å². The molecular formula is C14H11N3O2. The minimum Gasteiger partial charge on any atom is -0.481 e. The molecule has 94 valence electrons. The van der Waals surface area contributed by atoms with Gasteiger partial charge in [0.15, 0.2) is 0 Å². The average molecular weight is 253 g/mol. The molecule has 3 heterocycles. The molecule has 0 aliphatic carbocycles. The SMILES string of the molecule is O=C(O)Cc1cc(-c2ccn3ccncc23)ccn1. The summed E-state index contributed by atoms with van der Waals surface area (Å²) in [6, 6.07) is 5.65. The number of hydrogen-bond donors (Lipinski definition) is 1. The summed E-state index contributed by atoms with van der Waals surface area (Å²) in [7, 11) is 0. The van der Waals surface area contributed by atoms with Crippen molar-refractivity contribution < 1.29 is 9.90 Å². The summed E-state index contributed by atoms with van der Waals surface area (Å²) in [5, 5.41) is 8.81. The standard InChI is InChI=1S/C14H11N3O2/c18-14(19)8-11-7-10(1-3-16-11)12-2-5-17-6-4-15-9-13(12)17/h1-7,9H,8H2,(H,18,19). The fourth-order valence-corrected chi connectivity index (χ4v) is 2.09. The van der Waals surface area contributed by atoms with E-state index in [4.69, 9.17) is 5.11 Å². The number of rotatable bonds is 3. The lowest BCUT2D eigenvalue weighted by molar-refractivity contribution is -0.136. The van der Waals surface area contributed by atoms with Crippen molar-refractivity contribution in [3.8, 4) is 11.1 Å². The number of aliphatic carboxylic acids is 1. The van der Waals surface area contributed by atoms with Crippen LogP contribution >= 0.6 is 0 Å². The van der Waals surface area contributed by atoms with Crippen LogP contribution in [0.5, 0.6) is 0 Å². The number of nitrogens with zero attached hydrogens (tertiary/aromatic N) is 3. The summed E-state index contributed by atoms with van der Waals surface area (Å²) in [4.78, 5) is 18.9. The van der Waals surface area contributed by atoms with Crippen molar-refractivity contribution in [3.63, 3.8) is 0 Å². The third-order valence-electron chi connectivity index (χ3n) is 2.93. The molecule has 5 heteroatoms. The second kappa shape index (κ2) is 4.53. The minimum atomic E-state index is -0.881. The highest BCUT2D eigenvalue weighted by Gasteiger charge is 2.08. The maximum absolute atomic E-state index is 10.7. The van der Waals surface area contributed by atoms with E-state index in [-0.39, 0.29) is 6.42 Å². The van der Waals surface area contributed by atoms with Gasteiger partial charge in [0.1, 0.15) is 0 Å². The Hall–Kier alpha value is -2.69. The molecule has 0 spiro atoms. The van der Waals surface area contributed by atoms with Gasteiger partial charge in [0.05, 0.1) is 23.8 Å². The fourth-order valence-electron chi connectivity index (χ4n) is 2.09. The van der Waals surface area contributed by atoms with Gasteiger partial charge in [-0.3, -0.25) is 14.8 Å². The number of carboxylic acids is 1. The topological polar surface area (TPSA) is 67.5 Å². The normalized spacial score (nSPS) is 10.7. The highest BCUT2D eigenvalue weighted by atomic mass is 16.4. The van der Waals surface area contributed by atoms with Gasteiger partial charge in [0.2, 0.25) is 0 Å². The lowest BCUT2D eigenvalue weighted by Crippen LogP contribution is -2.02. The molecule has 0 aliphatic heterocycles. The minimum absolute atomic E-state index is 0.0716. The van der Waals surface area contributed by atoms with Gasteiger partial charge in [-0.05, 0) is 23.8 Å². The molecule has 0 atom stereocenters. The molecule has 19 heavy (non-hydrogen) atoms. The smallest absolute Gasteiger partial charge is 0.309 e. The van der Waals surface area contributed by atoms with E-state index < -0.39 is 5.97 Å². The zero-order chi connectivity index (χ0) is 13.2. The summed E-state index contributed by atoms with van der Waals surface area (Å²) < 4.78 is 1.97. The van der Waals surface area contributed by atoms with E-state index in [0.29, 0.717) is 5.69 Å². The van der Waals surface area contributed by atoms with E-state index in [2.05, 4.69) is 9.97 Å². The Kier molecular flexibility index (Phi) is 2.72. The Morgan fingerprint density at radius 2 is 2.16 bits per heavy atom. The van der Waals surface area contributed by atoms with E-state index in [0.717, 1.165) is 16.6 Å². The van der Waals surface area contributed by atoms with E-state index in [1.54, 1.807) is 24.7 Å². The first-order valence-electron chi connectivity index (χ1n) is 5.82. The van der Waals surface area contributed by atoms with Crippen LogP contribution in [-0.2, 0) is 11.2 Å². The van der Waals surface area contributed by atoms with Gasteiger partial charge in [-0.15, -0.1) is 0 Å². The molecule has 0 fully saturated rings. The van der Waals surface area contributed by atoms with Crippen LogP contribution in [0.25, 0.3) is 16.6 Å². The molecule has 5 nitrogen and oxygen atoms in total. The van der Waals surface area contributed by atoms with Crippen molar-refractivity contribution in [1.29, 1.82) is 0 Å². The fraction of sp³-hybridized carbons (Fsp3) is 0.0714. The molecule has 0 radical (unpaired) electrons. The van der Waals surface area contributed by atoms with Crippen molar-refractivity contribution in [2.45, 2.75) is 6.42 Å². The van der Waals surface area contributed by atoms with Crippen LogP contribution in [0.4, 0.5) is 0 Å². The quantitative estimate of drug-likeness (QED) is 0.775. The average Bonchev–Trinajstić information content (AvgIpc) is 2.82. The third kappa shape index (κ3) is 2.18. The second-order valence-corrected chi connectivity index (χ2v) is 4.20. The molecule has 0 aliphatic rings. The largest absolute Gasteiger partial charge is 0.481 e. The molecule has 3 aromatic rings. The van der Waals surface area contributed by atoms with Crippen LogP contribution in [0.1, 0.15) is 5.69 Å². The zero-order valence-electron chi connectivity index (χ0n) is 10.0. The first kappa shape index (κ1) is 11.4. The summed E-state index contributed by atoms with van der Waals surface area (Å²) >= 11 is 0. The van der Waals surface area contributed by atoms with E-state index in [1.807, 2.05) is 28.9 Å². The second-order valence-electron chi connectivity index (χ2n) is 4.20. The summed E-state index contributed by atoms with van der Waals surface area (Å²) in [5.74, 6) is -0.881. The summed E-state index contributed by atoms with van der Waals surface area (Å²) in [6.07, 6.45) is 8.89. The van der Waals surface area contributed by atoms with Gasteiger partial charge < -0.3 is 9.51 Å². The number of hydrogen-bond acceptors (Lipinski definition) is 3. The third-order valence-corrected chi connectivity index (χ3v) is 2.93. The van der Waals surface area contributed by atoms with Gasteiger partial charge in [-0.1, -0.05) is 0 Å². The van der Waals surface area contributed by atoms with Crippen molar-refractivity contribution >= 4 is 11.5 Å². The highest BCUT2D eigenvalue weighted by Crippen LogP contribution is 2.25. The van der Waals surface area contributed by atoms with Crippen LogP contribution in [0.15, 0.2) is 49.2 Å². The van der Waals surface area contributed by atoms with E-state index in [1.165, 1.54) is 0 Å². The monoisotopic (exact) mass is 253 g/mol. The van der Waals surface area contributed by atoms with Gasteiger partial charge in [0, 0.05) is 30.4 Å². The Morgan fingerprint density at radius 3 is 3.00 bits per heavy atom. The molecule has 0 saturated carbocycles. The van der Waals surface area contributed by atoms with Gasteiger partial charge in [-0.25, -0.2) is 0 Å². The van der Waals surface area contributed by atoms with Gasteiger partial charge in [-0.2, -0.15) is 0 Å². The molecule has 0 amide bonds. The Morgan fingerprint density at radius 1 is 1.26 bits per heavy atom. The van der Waals surface area contributed by atoms with Crippen molar-refractivity contribution in [2.75, 3.05) is 0 Å². The maximum atomic E-state index is 10.7. The van der Waals surface area contributed by atoms with Gasteiger partial charge >= 0.3 is 5.97 Å². The first-order valence-corrected chi connectivity index (χ1v) is 5.82. The lowest BCUT2D eigenvalue weighted by atomic mass is 10.1. The van der Waals surface area contributed by atoms with Crippen molar-refractivity contribution in [3.05, 3.63) is 54.9 Å². The molecule has 0 saturated heterocycles. The number of pyridine rings is 1. The molecule has 3 rings (SSSR count). The zero-order valence-corrected chi connectivity index (χ0v) is 10.0. The summed E-state index contributed by atoms with van der Waals surface area (Å²) in [5.41, 5.74) is 3.49.